The maximum Gasteiger partial charge on any atom is 0.227 e. The van der Waals surface area contributed by atoms with Crippen molar-refractivity contribution in [1.82, 2.24) is 25.1 Å². The quantitative estimate of drug-likeness (QED) is 0.914. The summed E-state index contributed by atoms with van der Waals surface area (Å²) < 4.78 is 2.00. The van der Waals surface area contributed by atoms with Gasteiger partial charge in [0.15, 0.2) is 5.82 Å². The summed E-state index contributed by atoms with van der Waals surface area (Å²) in [6.45, 7) is 5.17. The minimum Gasteiger partial charge on any atom is -0.352 e. The van der Waals surface area contributed by atoms with E-state index < -0.39 is 0 Å². The number of aromatic nitrogens is 4. The second kappa shape index (κ2) is 5.44. The number of hydrogen-bond acceptors (Lipinski definition) is 6. The molecule has 1 amide bonds. The molecule has 1 aliphatic rings. The lowest BCUT2D eigenvalue weighted by Gasteiger charge is -2.17. The predicted octanol–water partition coefficient (Wildman–Crippen LogP) is 0.962. The van der Waals surface area contributed by atoms with Crippen molar-refractivity contribution in [3.05, 3.63) is 11.2 Å². The molecule has 0 spiro atoms. The zero-order chi connectivity index (χ0) is 15.0. The molecule has 112 valence electrons. The molecular weight excluding hydrogens is 288 g/mol. The van der Waals surface area contributed by atoms with E-state index in [-0.39, 0.29) is 11.9 Å². The minimum atomic E-state index is 0.0146. The number of nitrogens with zero attached hydrogens (tertiary/aromatic N) is 5. The average molecular weight is 306 g/mol. The van der Waals surface area contributed by atoms with E-state index in [0.717, 1.165) is 41.9 Å². The maximum absolute atomic E-state index is 11.1. The van der Waals surface area contributed by atoms with E-state index in [1.165, 1.54) is 0 Å². The van der Waals surface area contributed by atoms with Gasteiger partial charge in [0.2, 0.25) is 11.9 Å². The maximum atomic E-state index is 11.1. The Kier molecular flexibility index (Phi) is 3.62. The molecule has 3 rings (SSSR count). The molecular formula is C13H18N6OS. The lowest BCUT2D eigenvalue weighted by atomic mass is 10.3. The van der Waals surface area contributed by atoms with Gasteiger partial charge in [0, 0.05) is 33.1 Å². The highest BCUT2D eigenvalue weighted by Crippen LogP contribution is 2.28. The van der Waals surface area contributed by atoms with Gasteiger partial charge < -0.3 is 10.2 Å². The molecule has 0 aliphatic carbocycles. The van der Waals surface area contributed by atoms with E-state index in [0.29, 0.717) is 0 Å². The molecule has 1 N–H and O–H groups in total. The van der Waals surface area contributed by atoms with E-state index in [1.54, 1.807) is 18.3 Å². The summed E-state index contributed by atoms with van der Waals surface area (Å²) >= 11 is 1.57. The molecule has 1 aliphatic heterocycles. The van der Waals surface area contributed by atoms with Gasteiger partial charge in [-0.05, 0) is 13.3 Å². The van der Waals surface area contributed by atoms with Crippen LogP contribution in [0.5, 0.6) is 0 Å². The second-order valence-corrected chi connectivity index (χ2v) is 6.14. The SMILES string of the molecule is CC(=O)NC1CCN(c2nnc(-c3scnc3C)n2C)C1. The van der Waals surface area contributed by atoms with Crippen molar-refractivity contribution in [2.24, 2.45) is 7.05 Å². The molecule has 2 aromatic rings. The van der Waals surface area contributed by atoms with Gasteiger partial charge in [0.1, 0.15) is 0 Å². The van der Waals surface area contributed by atoms with E-state index >= 15 is 0 Å². The molecule has 8 heteroatoms. The number of hydrogen-bond donors (Lipinski definition) is 1. The van der Waals surface area contributed by atoms with Crippen LogP contribution in [0.2, 0.25) is 0 Å². The lowest BCUT2D eigenvalue weighted by Crippen LogP contribution is -2.36. The lowest BCUT2D eigenvalue weighted by molar-refractivity contribution is -0.119. The van der Waals surface area contributed by atoms with Crippen molar-refractivity contribution >= 4 is 23.2 Å². The van der Waals surface area contributed by atoms with Crippen molar-refractivity contribution in [3.63, 3.8) is 0 Å². The molecule has 1 atom stereocenters. The van der Waals surface area contributed by atoms with Crippen LogP contribution in [0.1, 0.15) is 19.0 Å². The third-order valence-electron chi connectivity index (χ3n) is 3.68. The Balaban J connectivity index is 1.81. The molecule has 3 heterocycles. The largest absolute Gasteiger partial charge is 0.352 e. The fourth-order valence-corrected chi connectivity index (χ4v) is 3.48. The normalized spacial score (nSPS) is 18.2. The standard InChI is InChI=1S/C13H18N6OS/c1-8-11(21-7-14-8)12-16-17-13(18(12)3)19-5-4-10(6-19)15-9(2)20/h7,10H,4-6H2,1-3H3,(H,15,20). The molecule has 1 fully saturated rings. The summed E-state index contributed by atoms with van der Waals surface area (Å²) in [5.41, 5.74) is 2.79. The Hall–Kier alpha value is -1.96. The van der Waals surface area contributed by atoms with Gasteiger partial charge in [0.05, 0.1) is 16.1 Å². The van der Waals surface area contributed by atoms with Crippen molar-refractivity contribution in [1.29, 1.82) is 0 Å². The van der Waals surface area contributed by atoms with Gasteiger partial charge in [-0.15, -0.1) is 21.5 Å². The van der Waals surface area contributed by atoms with Gasteiger partial charge in [-0.1, -0.05) is 0 Å². The van der Waals surface area contributed by atoms with Crippen molar-refractivity contribution in [3.8, 4) is 10.7 Å². The zero-order valence-corrected chi connectivity index (χ0v) is 13.1. The van der Waals surface area contributed by atoms with Crippen LogP contribution in [0.15, 0.2) is 5.51 Å². The molecule has 1 saturated heterocycles. The number of rotatable bonds is 3. The van der Waals surface area contributed by atoms with Crippen LogP contribution in [0.25, 0.3) is 10.7 Å². The van der Waals surface area contributed by atoms with Crippen LogP contribution < -0.4 is 10.2 Å². The highest BCUT2D eigenvalue weighted by atomic mass is 32.1. The third kappa shape index (κ3) is 2.63. The molecule has 1 unspecified atom stereocenters. The molecule has 7 nitrogen and oxygen atoms in total. The van der Waals surface area contributed by atoms with Crippen LogP contribution in [0, 0.1) is 6.92 Å². The highest BCUT2D eigenvalue weighted by molar-refractivity contribution is 7.13. The van der Waals surface area contributed by atoms with Crippen LogP contribution in [-0.4, -0.2) is 44.8 Å². The summed E-state index contributed by atoms with van der Waals surface area (Å²) in [7, 11) is 1.97. The average Bonchev–Trinajstić information content (AvgIpc) is 3.10. The fourth-order valence-electron chi connectivity index (χ4n) is 2.66. The van der Waals surface area contributed by atoms with E-state index in [4.69, 9.17) is 0 Å². The van der Waals surface area contributed by atoms with Crippen molar-refractivity contribution < 1.29 is 4.79 Å². The molecule has 0 saturated carbocycles. The Labute approximate surface area is 127 Å². The number of nitrogens with one attached hydrogen (secondary N) is 1. The first-order valence-corrected chi connectivity index (χ1v) is 7.76. The summed E-state index contributed by atoms with van der Waals surface area (Å²) in [4.78, 5) is 18.6. The van der Waals surface area contributed by atoms with Crippen LogP contribution in [0.4, 0.5) is 5.95 Å². The predicted molar refractivity (Wildman–Crippen MR) is 81.3 cm³/mol. The Bertz CT molecular complexity index is 663. The van der Waals surface area contributed by atoms with Gasteiger partial charge in [-0.3, -0.25) is 9.36 Å². The Morgan fingerprint density at radius 2 is 2.29 bits per heavy atom. The van der Waals surface area contributed by atoms with Gasteiger partial charge in [-0.2, -0.15) is 0 Å². The number of carbonyl (C=O) groups excluding carboxylic acids is 1. The fraction of sp³-hybridized carbons (Fsp3) is 0.538. The second-order valence-electron chi connectivity index (χ2n) is 5.28. The number of anilines is 1. The Morgan fingerprint density at radius 3 is 2.95 bits per heavy atom. The molecule has 2 aromatic heterocycles. The first-order valence-electron chi connectivity index (χ1n) is 6.88. The van der Waals surface area contributed by atoms with Gasteiger partial charge in [0.25, 0.3) is 0 Å². The molecule has 0 aromatic carbocycles. The number of aryl methyl sites for hydroxylation is 1. The van der Waals surface area contributed by atoms with Gasteiger partial charge in [-0.25, -0.2) is 4.98 Å². The van der Waals surface area contributed by atoms with Crippen LogP contribution in [-0.2, 0) is 11.8 Å². The van der Waals surface area contributed by atoms with Crippen LogP contribution >= 0.6 is 11.3 Å². The minimum absolute atomic E-state index is 0.0146. The monoisotopic (exact) mass is 306 g/mol. The summed E-state index contributed by atoms with van der Waals surface area (Å²) in [5.74, 6) is 1.69. The van der Waals surface area contributed by atoms with Crippen LogP contribution in [0.3, 0.4) is 0 Å². The smallest absolute Gasteiger partial charge is 0.227 e. The summed E-state index contributed by atoms with van der Waals surface area (Å²) in [6, 6.07) is 0.188. The first-order chi connectivity index (χ1) is 10.1. The van der Waals surface area contributed by atoms with E-state index in [1.807, 2.05) is 24.0 Å². The van der Waals surface area contributed by atoms with Crippen molar-refractivity contribution in [2.75, 3.05) is 18.0 Å². The first kappa shape index (κ1) is 14.0. The Morgan fingerprint density at radius 1 is 1.48 bits per heavy atom. The topological polar surface area (TPSA) is 75.9 Å². The summed E-state index contributed by atoms with van der Waals surface area (Å²) in [5, 5.41) is 11.6. The van der Waals surface area contributed by atoms with E-state index in [9.17, 15) is 4.79 Å². The summed E-state index contributed by atoms with van der Waals surface area (Å²) in [6.07, 6.45) is 0.932. The third-order valence-corrected chi connectivity index (χ3v) is 4.60. The molecule has 0 radical (unpaired) electrons. The van der Waals surface area contributed by atoms with E-state index in [2.05, 4.69) is 25.4 Å². The van der Waals surface area contributed by atoms with Gasteiger partial charge >= 0.3 is 0 Å². The highest BCUT2D eigenvalue weighted by Gasteiger charge is 2.27. The van der Waals surface area contributed by atoms with Crippen molar-refractivity contribution in [2.45, 2.75) is 26.3 Å². The molecule has 0 bridgehead atoms. The zero-order valence-electron chi connectivity index (χ0n) is 12.3. The number of amides is 1. The molecule has 21 heavy (non-hydrogen) atoms. The number of thiazole rings is 1. The number of carbonyl (C=O) groups is 1.